The molecule has 0 unspecified atom stereocenters. The number of thiazole rings is 1. The van der Waals surface area contributed by atoms with Gasteiger partial charge in [-0.2, -0.15) is 0 Å². The number of hydrogen-bond donors (Lipinski definition) is 1. The number of rotatable bonds is 6. The molecule has 0 atom stereocenters. The van der Waals surface area contributed by atoms with Gasteiger partial charge in [-0.05, 0) is 30.3 Å². The van der Waals surface area contributed by atoms with Gasteiger partial charge in [-0.25, -0.2) is 4.98 Å². The SMILES string of the molecule is COc1ccc2nc(NC(=O)CSc3nnc(-c4ccncc4)o3)sc2c1. The molecule has 27 heavy (non-hydrogen) atoms. The summed E-state index contributed by atoms with van der Waals surface area (Å²) in [6.45, 7) is 0. The molecule has 4 aromatic rings. The van der Waals surface area contributed by atoms with Gasteiger partial charge in [0.2, 0.25) is 11.8 Å². The van der Waals surface area contributed by atoms with Crippen molar-refractivity contribution in [2.24, 2.45) is 0 Å². The molecule has 0 saturated heterocycles. The van der Waals surface area contributed by atoms with Gasteiger partial charge in [0.25, 0.3) is 5.22 Å². The third-order valence-corrected chi connectivity index (χ3v) is 5.25. The summed E-state index contributed by atoms with van der Waals surface area (Å²) >= 11 is 2.55. The minimum absolute atomic E-state index is 0.136. The highest BCUT2D eigenvalue weighted by Gasteiger charge is 2.13. The second kappa shape index (κ2) is 7.72. The van der Waals surface area contributed by atoms with Crippen molar-refractivity contribution in [1.82, 2.24) is 20.2 Å². The first-order valence-electron chi connectivity index (χ1n) is 7.82. The number of methoxy groups -OCH3 is 1. The maximum atomic E-state index is 12.2. The maximum absolute atomic E-state index is 12.2. The quantitative estimate of drug-likeness (QED) is 0.492. The predicted octanol–water partition coefficient (Wildman–Crippen LogP) is 3.48. The molecule has 1 N–H and O–H groups in total. The third kappa shape index (κ3) is 4.07. The van der Waals surface area contributed by atoms with Crippen molar-refractivity contribution in [2.45, 2.75) is 5.22 Å². The number of nitrogens with one attached hydrogen (secondary N) is 1. The van der Waals surface area contributed by atoms with Gasteiger partial charge in [0, 0.05) is 18.0 Å². The number of thioether (sulfide) groups is 1. The predicted molar refractivity (Wildman–Crippen MR) is 103 cm³/mol. The number of carbonyl (C=O) groups is 1. The van der Waals surface area contributed by atoms with Crippen LogP contribution in [-0.2, 0) is 4.79 Å². The highest BCUT2D eigenvalue weighted by atomic mass is 32.2. The van der Waals surface area contributed by atoms with Gasteiger partial charge in [0.1, 0.15) is 5.75 Å². The fourth-order valence-corrected chi connectivity index (χ4v) is 3.72. The monoisotopic (exact) mass is 399 g/mol. The van der Waals surface area contributed by atoms with E-state index < -0.39 is 0 Å². The Balaban J connectivity index is 1.37. The highest BCUT2D eigenvalue weighted by Crippen LogP contribution is 2.29. The first-order chi connectivity index (χ1) is 13.2. The summed E-state index contributed by atoms with van der Waals surface area (Å²) < 4.78 is 11.7. The summed E-state index contributed by atoms with van der Waals surface area (Å²) in [5.41, 5.74) is 1.58. The van der Waals surface area contributed by atoms with Crippen LogP contribution in [-0.4, -0.2) is 38.9 Å². The van der Waals surface area contributed by atoms with Crippen molar-refractivity contribution >= 4 is 44.4 Å². The van der Waals surface area contributed by atoms with Crippen LogP contribution in [0.25, 0.3) is 21.7 Å². The molecule has 0 radical (unpaired) electrons. The number of fused-ring (bicyclic) bond motifs is 1. The number of amides is 1. The lowest BCUT2D eigenvalue weighted by molar-refractivity contribution is -0.113. The Morgan fingerprint density at radius 1 is 1.26 bits per heavy atom. The molecule has 136 valence electrons. The Kier molecular flexibility index (Phi) is 4.99. The maximum Gasteiger partial charge on any atom is 0.277 e. The van der Waals surface area contributed by atoms with Crippen molar-refractivity contribution in [3.63, 3.8) is 0 Å². The second-order valence-corrected chi connectivity index (χ2v) is 7.26. The number of benzene rings is 1. The molecule has 4 rings (SSSR count). The number of anilines is 1. The van der Waals surface area contributed by atoms with E-state index in [1.54, 1.807) is 31.6 Å². The van der Waals surface area contributed by atoms with Crippen LogP contribution in [0.2, 0.25) is 0 Å². The topological polar surface area (TPSA) is 103 Å². The standard InChI is InChI=1S/C17H13N5O3S2/c1-24-11-2-3-12-13(8-11)27-16(19-12)20-14(23)9-26-17-22-21-15(25-17)10-4-6-18-7-5-10/h2-8H,9H2,1H3,(H,19,20,23). The number of hydrogen-bond acceptors (Lipinski definition) is 9. The third-order valence-electron chi connectivity index (χ3n) is 3.50. The van der Waals surface area contributed by atoms with Crippen LogP contribution in [0, 0.1) is 0 Å². The normalized spacial score (nSPS) is 10.9. The Hall–Kier alpha value is -2.98. The van der Waals surface area contributed by atoms with Crippen LogP contribution in [0.5, 0.6) is 5.75 Å². The summed E-state index contributed by atoms with van der Waals surface area (Å²) in [7, 11) is 1.61. The summed E-state index contributed by atoms with van der Waals surface area (Å²) in [6.07, 6.45) is 3.29. The van der Waals surface area contributed by atoms with Crippen LogP contribution in [0.3, 0.4) is 0 Å². The molecule has 3 aromatic heterocycles. The minimum Gasteiger partial charge on any atom is -0.497 e. The lowest BCUT2D eigenvalue weighted by Gasteiger charge is -1.98. The second-order valence-electron chi connectivity index (χ2n) is 5.30. The zero-order valence-corrected chi connectivity index (χ0v) is 15.7. The van der Waals surface area contributed by atoms with Crippen molar-refractivity contribution in [3.8, 4) is 17.2 Å². The molecule has 0 aliphatic carbocycles. The zero-order chi connectivity index (χ0) is 18.6. The molecular formula is C17H13N5O3S2. The molecule has 0 aliphatic rings. The lowest BCUT2D eigenvalue weighted by Crippen LogP contribution is -2.13. The number of nitrogens with zero attached hydrogens (tertiary/aromatic N) is 4. The molecule has 3 heterocycles. The van der Waals surface area contributed by atoms with Crippen molar-refractivity contribution < 1.29 is 13.9 Å². The first-order valence-corrected chi connectivity index (χ1v) is 9.62. The Morgan fingerprint density at radius 2 is 2.11 bits per heavy atom. The largest absolute Gasteiger partial charge is 0.497 e. The fourth-order valence-electron chi connectivity index (χ4n) is 2.25. The minimum atomic E-state index is -0.199. The molecule has 0 saturated carbocycles. The summed E-state index contributed by atoms with van der Waals surface area (Å²) in [5, 5.41) is 11.6. The van der Waals surface area contributed by atoms with Crippen LogP contribution >= 0.6 is 23.1 Å². The smallest absolute Gasteiger partial charge is 0.277 e. The van der Waals surface area contributed by atoms with Crippen LogP contribution in [0.15, 0.2) is 52.4 Å². The zero-order valence-electron chi connectivity index (χ0n) is 14.1. The average molecular weight is 399 g/mol. The summed E-state index contributed by atoms with van der Waals surface area (Å²) in [6, 6.07) is 9.12. The molecule has 0 aliphatic heterocycles. The van der Waals surface area contributed by atoms with Gasteiger partial charge in [0.05, 0.1) is 23.1 Å². The van der Waals surface area contributed by atoms with Crippen LogP contribution in [0.1, 0.15) is 0 Å². The molecular weight excluding hydrogens is 386 g/mol. The lowest BCUT2D eigenvalue weighted by atomic mass is 10.3. The molecule has 1 aromatic carbocycles. The van der Waals surface area contributed by atoms with E-state index >= 15 is 0 Å². The van der Waals surface area contributed by atoms with E-state index in [4.69, 9.17) is 9.15 Å². The first kappa shape index (κ1) is 17.4. The van der Waals surface area contributed by atoms with Crippen LogP contribution in [0.4, 0.5) is 5.13 Å². The Labute approximate surface area is 162 Å². The highest BCUT2D eigenvalue weighted by molar-refractivity contribution is 7.99. The van der Waals surface area contributed by atoms with Gasteiger partial charge in [-0.1, -0.05) is 23.1 Å². The number of aromatic nitrogens is 4. The molecule has 8 nitrogen and oxygen atoms in total. The van der Waals surface area contributed by atoms with Gasteiger partial charge >= 0.3 is 0 Å². The van der Waals surface area contributed by atoms with E-state index in [0.29, 0.717) is 16.2 Å². The van der Waals surface area contributed by atoms with Gasteiger partial charge < -0.3 is 14.5 Å². The van der Waals surface area contributed by atoms with Gasteiger partial charge in [0.15, 0.2) is 5.13 Å². The number of pyridine rings is 1. The van der Waals surface area contributed by atoms with E-state index in [2.05, 4.69) is 25.5 Å². The van der Waals surface area contributed by atoms with E-state index in [0.717, 1.165) is 21.5 Å². The van der Waals surface area contributed by atoms with Crippen molar-refractivity contribution in [2.75, 3.05) is 18.2 Å². The Morgan fingerprint density at radius 3 is 2.93 bits per heavy atom. The fraction of sp³-hybridized carbons (Fsp3) is 0.118. The van der Waals surface area contributed by atoms with Crippen molar-refractivity contribution in [1.29, 1.82) is 0 Å². The Bertz CT molecular complexity index is 1080. The molecule has 0 fully saturated rings. The van der Waals surface area contributed by atoms with E-state index in [1.807, 2.05) is 18.2 Å². The van der Waals surface area contributed by atoms with Gasteiger partial charge in [-0.15, -0.1) is 10.2 Å². The van der Waals surface area contributed by atoms with E-state index in [1.165, 1.54) is 23.1 Å². The van der Waals surface area contributed by atoms with Gasteiger partial charge in [-0.3, -0.25) is 9.78 Å². The number of ether oxygens (including phenoxy) is 1. The van der Waals surface area contributed by atoms with E-state index in [9.17, 15) is 4.79 Å². The van der Waals surface area contributed by atoms with E-state index in [-0.39, 0.29) is 11.7 Å². The van der Waals surface area contributed by atoms with Crippen LogP contribution < -0.4 is 10.1 Å². The summed E-state index contributed by atoms with van der Waals surface area (Å²) in [4.78, 5) is 20.5. The summed E-state index contributed by atoms with van der Waals surface area (Å²) in [5.74, 6) is 1.08. The molecule has 10 heteroatoms. The molecule has 0 bridgehead atoms. The molecule has 0 spiro atoms. The number of carbonyl (C=O) groups excluding carboxylic acids is 1. The average Bonchev–Trinajstić information content (AvgIpc) is 3.33. The molecule has 1 amide bonds. The van der Waals surface area contributed by atoms with Crippen molar-refractivity contribution in [3.05, 3.63) is 42.7 Å².